The number of piperidine rings is 1. The van der Waals surface area contributed by atoms with Gasteiger partial charge in [0.2, 0.25) is 5.95 Å². The second kappa shape index (κ2) is 8.24. The summed E-state index contributed by atoms with van der Waals surface area (Å²) in [6.07, 6.45) is 0.586. The SMILES string of the molecule is O=C(NCc1ccnc(N2CCCCC2)n1)Nc1cccc(C(F)(F)F)c1. The Morgan fingerprint density at radius 3 is 2.67 bits per heavy atom. The van der Waals surface area contributed by atoms with Crippen LogP contribution in [0, 0.1) is 0 Å². The molecule has 1 saturated heterocycles. The molecule has 0 unspecified atom stereocenters. The number of nitrogens with one attached hydrogen (secondary N) is 2. The first kappa shape index (κ1) is 18.9. The fraction of sp³-hybridized carbons (Fsp3) is 0.389. The van der Waals surface area contributed by atoms with E-state index in [-0.39, 0.29) is 12.2 Å². The number of carbonyl (C=O) groups is 1. The molecule has 6 nitrogen and oxygen atoms in total. The number of anilines is 2. The fourth-order valence-corrected chi connectivity index (χ4v) is 2.85. The van der Waals surface area contributed by atoms with E-state index >= 15 is 0 Å². The van der Waals surface area contributed by atoms with E-state index in [0.29, 0.717) is 11.6 Å². The number of rotatable bonds is 4. The summed E-state index contributed by atoms with van der Waals surface area (Å²) in [5.41, 5.74) is -0.119. The van der Waals surface area contributed by atoms with Gasteiger partial charge in [0.1, 0.15) is 0 Å². The molecule has 1 aliphatic heterocycles. The molecule has 2 amide bonds. The van der Waals surface area contributed by atoms with Crippen LogP contribution in [0.2, 0.25) is 0 Å². The molecular weight excluding hydrogens is 359 g/mol. The Morgan fingerprint density at radius 1 is 1.15 bits per heavy atom. The third-order valence-electron chi connectivity index (χ3n) is 4.22. The molecule has 0 radical (unpaired) electrons. The predicted molar refractivity (Wildman–Crippen MR) is 95.4 cm³/mol. The van der Waals surface area contributed by atoms with E-state index in [1.165, 1.54) is 18.6 Å². The molecule has 1 aromatic carbocycles. The summed E-state index contributed by atoms with van der Waals surface area (Å²) in [4.78, 5) is 22.8. The maximum absolute atomic E-state index is 12.7. The van der Waals surface area contributed by atoms with Crippen LogP contribution in [-0.4, -0.2) is 29.1 Å². The van der Waals surface area contributed by atoms with E-state index in [1.807, 2.05) is 0 Å². The van der Waals surface area contributed by atoms with Gasteiger partial charge in [-0.1, -0.05) is 6.07 Å². The van der Waals surface area contributed by atoms with Crippen molar-refractivity contribution in [3.63, 3.8) is 0 Å². The average molecular weight is 379 g/mol. The zero-order chi connectivity index (χ0) is 19.3. The molecule has 2 aromatic rings. The van der Waals surface area contributed by atoms with Gasteiger partial charge in [-0.2, -0.15) is 13.2 Å². The molecule has 0 bridgehead atoms. The summed E-state index contributed by atoms with van der Waals surface area (Å²) in [6.45, 7) is 1.97. The Hall–Kier alpha value is -2.84. The van der Waals surface area contributed by atoms with Crippen molar-refractivity contribution in [3.8, 4) is 0 Å². The zero-order valence-corrected chi connectivity index (χ0v) is 14.6. The highest BCUT2D eigenvalue weighted by molar-refractivity contribution is 5.89. The number of benzene rings is 1. The van der Waals surface area contributed by atoms with Crippen molar-refractivity contribution in [1.29, 1.82) is 0 Å². The Labute approximate surface area is 154 Å². The number of amides is 2. The summed E-state index contributed by atoms with van der Waals surface area (Å²) < 4.78 is 38.2. The molecule has 0 aliphatic carbocycles. The van der Waals surface area contributed by atoms with E-state index in [9.17, 15) is 18.0 Å². The largest absolute Gasteiger partial charge is 0.416 e. The normalized spacial score (nSPS) is 14.7. The van der Waals surface area contributed by atoms with Gasteiger partial charge in [0, 0.05) is 25.0 Å². The van der Waals surface area contributed by atoms with Gasteiger partial charge in [-0.25, -0.2) is 14.8 Å². The van der Waals surface area contributed by atoms with Gasteiger partial charge in [-0.3, -0.25) is 0 Å². The highest BCUT2D eigenvalue weighted by Gasteiger charge is 2.30. The van der Waals surface area contributed by atoms with Gasteiger partial charge < -0.3 is 15.5 Å². The number of alkyl halides is 3. The molecule has 1 aromatic heterocycles. The first-order chi connectivity index (χ1) is 12.9. The topological polar surface area (TPSA) is 70.2 Å². The van der Waals surface area contributed by atoms with Gasteiger partial charge in [0.05, 0.1) is 17.8 Å². The van der Waals surface area contributed by atoms with Crippen LogP contribution in [0.1, 0.15) is 30.5 Å². The summed E-state index contributed by atoms with van der Waals surface area (Å²) >= 11 is 0. The number of hydrogen-bond donors (Lipinski definition) is 2. The van der Waals surface area contributed by atoms with Crippen LogP contribution in [0.3, 0.4) is 0 Å². The van der Waals surface area contributed by atoms with Gasteiger partial charge >= 0.3 is 12.2 Å². The van der Waals surface area contributed by atoms with Crippen molar-refractivity contribution < 1.29 is 18.0 Å². The zero-order valence-electron chi connectivity index (χ0n) is 14.6. The maximum Gasteiger partial charge on any atom is 0.416 e. The number of hydrogen-bond acceptors (Lipinski definition) is 4. The standard InChI is InChI=1S/C18H20F3N5O/c19-18(20,21)13-5-4-6-14(11-13)25-17(27)23-12-15-7-8-22-16(24-15)26-9-2-1-3-10-26/h4-8,11H,1-3,9-10,12H2,(H2,23,25,27). The minimum Gasteiger partial charge on any atom is -0.341 e. The van der Waals surface area contributed by atoms with Crippen LogP contribution in [0.15, 0.2) is 36.5 Å². The van der Waals surface area contributed by atoms with Crippen molar-refractivity contribution >= 4 is 17.7 Å². The van der Waals surface area contributed by atoms with Crippen molar-refractivity contribution in [2.75, 3.05) is 23.3 Å². The van der Waals surface area contributed by atoms with Crippen molar-refractivity contribution in [2.24, 2.45) is 0 Å². The van der Waals surface area contributed by atoms with E-state index < -0.39 is 17.8 Å². The number of aromatic nitrogens is 2. The molecule has 9 heteroatoms. The van der Waals surface area contributed by atoms with E-state index in [0.717, 1.165) is 38.1 Å². The van der Waals surface area contributed by atoms with Crippen molar-refractivity contribution in [3.05, 3.63) is 47.8 Å². The number of halogens is 3. The quantitative estimate of drug-likeness (QED) is 0.848. The summed E-state index contributed by atoms with van der Waals surface area (Å²) in [5.74, 6) is 0.632. The molecular formula is C18H20F3N5O. The Kier molecular flexibility index (Phi) is 5.78. The minimum absolute atomic E-state index is 0.0685. The molecule has 0 spiro atoms. The molecule has 144 valence electrons. The van der Waals surface area contributed by atoms with Crippen LogP contribution in [-0.2, 0) is 12.7 Å². The molecule has 0 atom stereocenters. The molecule has 2 N–H and O–H groups in total. The van der Waals surface area contributed by atoms with Gasteiger partial charge in [0.25, 0.3) is 0 Å². The molecule has 1 aliphatic rings. The highest BCUT2D eigenvalue weighted by atomic mass is 19.4. The van der Waals surface area contributed by atoms with Crippen LogP contribution >= 0.6 is 0 Å². The lowest BCUT2D eigenvalue weighted by molar-refractivity contribution is -0.137. The average Bonchev–Trinajstić information content (AvgIpc) is 2.67. The smallest absolute Gasteiger partial charge is 0.341 e. The predicted octanol–water partition coefficient (Wildman–Crippen LogP) is 3.81. The number of nitrogens with zero attached hydrogens (tertiary/aromatic N) is 3. The van der Waals surface area contributed by atoms with Gasteiger partial charge in [-0.15, -0.1) is 0 Å². The Morgan fingerprint density at radius 2 is 1.93 bits per heavy atom. The van der Waals surface area contributed by atoms with Gasteiger partial charge in [-0.05, 0) is 43.5 Å². The van der Waals surface area contributed by atoms with Crippen LogP contribution in [0.5, 0.6) is 0 Å². The summed E-state index contributed by atoms with van der Waals surface area (Å²) in [5, 5.41) is 4.99. The minimum atomic E-state index is -4.46. The second-order valence-corrected chi connectivity index (χ2v) is 6.28. The molecule has 2 heterocycles. The molecule has 3 rings (SSSR count). The van der Waals surface area contributed by atoms with Crippen LogP contribution in [0.4, 0.5) is 29.6 Å². The first-order valence-electron chi connectivity index (χ1n) is 8.71. The first-order valence-corrected chi connectivity index (χ1v) is 8.71. The van der Waals surface area contributed by atoms with Crippen LogP contribution in [0.25, 0.3) is 0 Å². The molecule has 27 heavy (non-hydrogen) atoms. The van der Waals surface area contributed by atoms with Crippen molar-refractivity contribution in [1.82, 2.24) is 15.3 Å². The number of carbonyl (C=O) groups excluding carboxylic acids is 1. The van der Waals surface area contributed by atoms with Crippen LogP contribution < -0.4 is 15.5 Å². The lowest BCUT2D eigenvalue weighted by atomic mass is 10.1. The second-order valence-electron chi connectivity index (χ2n) is 6.28. The lowest BCUT2D eigenvalue weighted by Gasteiger charge is -2.26. The van der Waals surface area contributed by atoms with Crippen molar-refractivity contribution in [2.45, 2.75) is 32.0 Å². The Balaban J connectivity index is 1.56. The Bertz CT molecular complexity index is 791. The van der Waals surface area contributed by atoms with E-state index in [1.54, 1.807) is 12.3 Å². The lowest BCUT2D eigenvalue weighted by Crippen LogP contribution is -2.32. The fourth-order valence-electron chi connectivity index (χ4n) is 2.85. The summed E-state index contributed by atoms with van der Waals surface area (Å²) in [7, 11) is 0. The third kappa shape index (κ3) is 5.32. The van der Waals surface area contributed by atoms with Gasteiger partial charge in [0.15, 0.2) is 0 Å². The monoisotopic (exact) mass is 379 g/mol. The highest BCUT2D eigenvalue weighted by Crippen LogP contribution is 2.30. The molecule has 0 saturated carbocycles. The van der Waals surface area contributed by atoms with E-state index in [4.69, 9.17) is 0 Å². The third-order valence-corrected chi connectivity index (χ3v) is 4.22. The summed E-state index contributed by atoms with van der Waals surface area (Å²) in [6, 6.07) is 5.57. The maximum atomic E-state index is 12.7. The van der Waals surface area contributed by atoms with E-state index in [2.05, 4.69) is 25.5 Å². The molecule has 1 fully saturated rings. The number of urea groups is 1.